The van der Waals surface area contributed by atoms with Crippen LogP contribution >= 0.6 is 0 Å². The molecule has 1 aromatic heterocycles. The summed E-state index contributed by atoms with van der Waals surface area (Å²) in [5.74, 6) is 0.906. The third-order valence-electron chi connectivity index (χ3n) is 4.41. The first-order chi connectivity index (χ1) is 9.19. The van der Waals surface area contributed by atoms with Gasteiger partial charge in [0, 0.05) is 31.4 Å². The molecule has 0 radical (unpaired) electrons. The second kappa shape index (κ2) is 4.82. The molecule has 1 aromatic rings. The standard InChI is InChI=1S/C15H20N4/c1-11-10-19(7-6-18(11)2)15-13(9-16)8-12-4-3-5-14(12)17-15/h8,11H,3-7,10H2,1-2H3. The van der Waals surface area contributed by atoms with E-state index in [4.69, 9.17) is 4.98 Å². The second-order valence-electron chi connectivity index (χ2n) is 5.71. The van der Waals surface area contributed by atoms with Crippen molar-refractivity contribution in [1.29, 1.82) is 5.26 Å². The molecule has 100 valence electrons. The highest BCUT2D eigenvalue weighted by Gasteiger charge is 2.25. The van der Waals surface area contributed by atoms with Gasteiger partial charge >= 0.3 is 0 Å². The molecule has 1 atom stereocenters. The number of hydrogen-bond donors (Lipinski definition) is 0. The maximum Gasteiger partial charge on any atom is 0.146 e. The Balaban J connectivity index is 1.94. The first kappa shape index (κ1) is 12.4. The van der Waals surface area contributed by atoms with Crippen molar-refractivity contribution in [2.75, 3.05) is 31.6 Å². The fourth-order valence-electron chi connectivity index (χ4n) is 3.03. The molecule has 0 bridgehead atoms. The fraction of sp³-hybridized carbons (Fsp3) is 0.600. The van der Waals surface area contributed by atoms with E-state index in [0.717, 1.165) is 43.9 Å². The molecule has 1 unspecified atom stereocenters. The van der Waals surface area contributed by atoms with E-state index in [0.29, 0.717) is 6.04 Å². The first-order valence-electron chi connectivity index (χ1n) is 7.07. The lowest BCUT2D eigenvalue weighted by atomic mass is 10.1. The van der Waals surface area contributed by atoms with Crippen molar-refractivity contribution in [2.24, 2.45) is 0 Å². The summed E-state index contributed by atoms with van der Waals surface area (Å²) in [6.07, 6.45) is 3.32. The van der Waals surface area contributed by atoms with Crippen LogP contribution in [0.5, 0.6) is 0 Å². The number of aromatic nitrogens is 1. The number of fused-ring (bicyclic) bond motifs is 1. The minimum absolute atomic E-state index is 0.510. The third-order valence-corrected chi connectivity index (χ3v) is 4.41. The lowest BCUT2D eigenvalue weighted by Crippen LogP contribution is -2.50. The lowest BCUT2D eigenvalue weighted by molar-refractivity contribution is 0.233. The van der Waals surface area contributed by atoms with Gasteiger partial charge in [-0.2, -0.15) is 5.26 Å². The van der Waals surface area contributed by atoms with E-state index in [9.17, 15) is 5.26 Å². The summed E-state index contributed by atoms with van der Waals surface area (Å²) in [6, 6.07) is 4.90. The van der Waals surface area contributed by atoms with Crippen molar-refractivity contribution >= 4 is 5.82 Å². The summed E-state index contributed by atoms with van der Waals surface area (Å²) in [4.78, 5) is 9.43. The fourth-order valence-corrected chi connectivity index (χ4v) is 3.03. The van der Waals surface area contributed by atoms with Crippen LogP contribution < -0.4 is 4.90 Å². The SMILES string of the molecule is CC1CN(c2nc3c(cc2C#N)CCC3)CCN1C. The van der Waals surface area contributed by atoms with Crippen molar-refractivity contribution in [3.63, 3.8) is 0 Å². The van der Waals surface area contributed by atoms with Crippen LogP contribution in [0.15, 0.2) is 6.07 Å². The normalized spacial score (nSPS) is 23.2. The van der Waals surface area contributed by atoms with Gasteiger partial charge in [-0.05, 0) is 44.9 Å². The summed E-state index contributed by atoms with van der Waals surface area (Å²) in [5.41, 5.74) is 3.24. The van der Waals surface area contributed by atoms with E-state index in [1.54, 1.807) is 0 Å². The van der Waals surface area contributed by atoms with Crippen LogP contribution in [0.3, 0.4) is 0 Å². The molecule has 3 rings (SSSR count). The van der Waals surface area contributed by atoms with Gasteiger partial charge in [0.25, 0.3) is 0 Å². The Hall–Kier alpha value is -1.60. The molecule has 0 N–H and O–H groups in total. The molecule has 19 heavy (non-hydrogen) atoms. The van der Waals surface area contributed by atoms with Gasteiger partial charge in [-0.15, -0.1) is 0 Å². The van der Waals surface area contributed by atoms with Crippen LogP contribution in [0.1, 0.15) is 30.2 Å². The minimum Gasteiger partial charge on any atom is -0.353 e. The highest BCUT2D eigenvalue weighted by Crippen LogP contribution is 2.28. The summed E-state index contributed by atoms with van der Waals surface area (Å²) < 4.78 is 0. The summed E-state index contributed by atoms with van der Waals surface area (Å²) in [5, 5.41) is 9.37. The quantitative estimate of drug-likeness (QED) is 0.765. The molecular weight excluding hydrogens is 236 g/mol. The third kappa shape index (κ3) is 2.19. The number of rotatable bonds is 1. The molecule has 4 heteroatoms. The molecule has 1 aliphatic heterocycles. The minimum atomic E-state index is 0.510. The predicted molar refractivity (Wildman–Crippen MR) is 75.3 cm³/mol. The Kier molecular flexibility index (Phi) is 3.16. The van der Waals surface area contributed by atoms with Crippen LogP contribution in [0.4, 0.5) is 5.82 Å². The van der Waals surface area contributed by atoms with Gasteiger partial charge in [-0.1, -0.05) is 0 Å². The van der Waals surface area contributed by atoms with Crippen LogP contribution in [0, 0.1) is 11.3 Å². The zero-order valence-electron chi connectivity index (χ0n) is 11.7. The van der Waals surface area contributed by atoms with Crippen molar-refractivity contribution < 1.29 is 0 Å². The van der Waals surface area contributed by atoms with Gasteiger partial charge in [0.1, 0.15) is 11.9 Å². The Labute approximate surface area is 114 Å². The van der Waals surface area contributed by atoms with E-state index in [1.165, 1.54) is 17.7 Å². The maximum absolute atomic E-state index is 9.37. The Morgan fingerprint density at radius 3 is 2.95 bits per heavy atom. The highest BCUT2D eigenvalue weighted by molar-refractivity contribution is 5.57. The van der Waals surface area contributed by atoms with Gasteiger partial charge in [-0.3, -0.25) is 0 Å². The molecule has 1 saturated heterocycles. The van der Waals surface area contributed by atoms with Crippen LogP contribution in [0.25, 0.3) is 0 Å². The predicted octanol–water partition coefficient (Wildman–Crippen LogP) is 1.58. The molecule has 0 aromatic carbocycles. The topological polar surface area (TPSA) is 43.2 Å². The first-order valence-corrected chi connectivity index (χ1v) is 7.07. The highest BCUT2D eigenvalue weighted by atomic mass is 15.3. The number of nitriles is 1. The molecule has 1 aliphatic carbocycles. The van der Waals surface area contributed by atoms with Gasteiger partial charge < -0.3 is 9.80 Å². The average molecular weight is 256 g/mol. The number of likely N-dealkylation sites (N-methyl/N-ethyl adjacent to an activating group) is 1. The van der Waals surface area contributed by atoms with Crippen LogP contribution in [-0.2, 0) is 12.8 Å². The van der Waals surface area contributed by atoms with Crippen molar-refractivity contribution in [2.45, 2.75) is 32.2 Å². The van der Waals surface area contributed by atoms with Gasteiger partial charge in [0.05, 0.1) is 5.56 Å². The Morgan fingerprint density at radius 1 is 1.37 bits per heavy atom. The summed E-state index contributed by atoms with van der Waals surface area (Å²) >= 11 is 0. The number of pyridine rings is 1. The van der Waals surface area contributed by atoms with Crippen molar-refractivity contribution in [3.05, 3.63) is 22.9 Å². The molecule has 1 fully saturated rings. The van der Waals surface area contributed by atoms with Crippen molar-refractivity contribution in [3.8, 4) is 6.07 Å². The number of aryl methyl sites for hydroxylation is 2. The van der Waals surface area contributed by atoms with E-state index in [1.807, 2.05) is 0 Å². The molecular formula is C15H20N4. The number of piperazine rings is 1. The van der Waals surface area contributed by atoms with E-state index >= 15 is 0 Å². The van der Waals surface area contributed by atoms with Crippen LogP contribution in [-0.4, -0.2) is 42.6 Å². The summed E-state index contributed by atoms with van der Waals surface area (Å²) in [7, 11) is 2.16. The zero-order chi connectivity index (χ0) is 13.4. The van der Waals surface area contributed by atoms with Gasteiger partial charge in [0.2, 0.25) is 0 Å². The van der Waals surface area contributed by atoms with E-state index in [-0.39, 0.29) is 0 Å². The van der Waals surface area contributed by atoms with E-state index in [2.05, 4.69) is 35.9 Å². The molecule has 4 nitrogen and oxygen atoms in total. The molecule has 0 saturated carbocycles. The monoisotopic (exact) mass is 256 g/mol. The largest absolute Gasteiger partial charge is 0.353 e. The van der Waals surface area contributed by atoms with Gasteiger partial charge in [0.15, 0.2) is 0 Å². The second-order valence-corrected chi connectivity index (χ2v) is 5.71. The Morgan fingerprint density at radius 2 is 2.21 bits per heavy atom. The number of nitrogens with zero attached hydrogens (tertiary/aromatic N) is 4. The zero-order valence-corrected chi connectivity index (χ0v) is 11.7. The van der Waals surface area contributed by atoms with Crippen LogP contribution in [0.2, 0.25) is 0 Å². The Bertz CT molecular complexity index is 532. The molecule has 0 spiro atoms. The van der Waals surface area contributed by atoms with E-state index < -0.39 is 0 Å². The average Bonchev–Trinajstić information content (AvgIpc) is 2.87. The summed E-state index contributed by atoms with van der Waals surface area (Å²) in [6.45, 7) is 5.18. The number of anilines is 1. The molecule has 2 aliphatic rings. The lowest BCUT2D eigenvalue weighted by Gasteiger charge is -2.38. The molecule has 0 amide bonds. The maximum atomic E-state index is 9.37. The molecule has 2 heterocycles. The van der Waals surface area contributed by atoms with Gasteiger partial charge in [-0.25, -0.2) is 4.98 Å². The number of hydrogen-bond acceptors (Lipinski definition) is 4. The van der Waals surface area contributed by atoms with Crippen molar-refractivity contribution in [1.82, 2.24) is 9.88 Å². The smallest absolute Gasteiger partial charge is 0.146 e.